The Morgan fingerprint density at radius 3 is 2.38 bits per heavy atom. The molecule has 2 aromatic carbocycles. The molecule has 7 heteroatoms. The van der Waals surface area contributed by atoms with Crippen LogP contribution in [0.4, 0.5) is 8.78 Å². The Hall–Kier alpha value is -2.67. The highest BCUT2D eigenvalue weighted by molar-refractivity contribution is 7.16. The summed E-state index contributed by atoms with van der Waals surface area (Å²) < 4.78 is 28.3. The summed E-state index contributed by atoms with van der Waals surface area (Å²) in [5.41, 5.74) is 1.66. The van der Waals surface area contributed by atoms with Gasteiger partial charge in [0.2, 0.25) is 4.96 Å². The highest BCUT2D eigenvalue weighted by Crippen LogP contribution is 2.19. The van der Waals surface area contributed by atoms with Crippen LogP contribution in [0, 0.1) is 11.6 Å². The van der Waals surface area contributed by atoms with Gasteiger partial charge < -0.3 is 0 Å². The molecule has 4 nitrogen and oxygen atoms in total. The van der Waals surface area contributed by atoms with Crippen LogP contribution < -0.4 is 0 Å². The fraction of sp³-hybridized carbons (Fsp3) is 0.118. The lowest BCUT2D eigenvalue weighted by molar-refractivity contribution is 0.580. The van der Waals surface area contributed by atoms with Crippen molar-refractivity contribution in [3.8, 4) is 0 Å². The number of halogens is 2. The molecule has 0 unspecified atom stereocenters. The maximum atomic E-state index is 13.3. The van der Waals surface area contributed by atoms with Crippen LogP contribution >= 0.6 is 11.3 Å². The van der Waals surface area contributed by atoms with E-state index in [0.29, 0.717) is 22.8 Å². The van der Waals surface area contributed by atoms with Crippen LogP contribution in [0.3, 0.4) is 0 Å². The first-order chi connectivity index (χ1) is 11.7. The first-order valence-corrected chi connectivity index (χ1v) is 8.18. The Bertz CT molecular complexity index is 974. The van der Waals surface area contributed by atoms with Crippen molar-refractivity contribution in [3.05, 3.63) is 82.1 Å². The molecule has 120 valence electrons. The minimum atomic E-state index is -0.603. The molecule has 2 heterocycles. The zero-order valence-electron chi connectivity index (χ0n) is 12.5. The van der Waals surface area contributed by atoms with Crippen LogP contribution in [0.1, 0.15) is 22.0 Å². The van der Waals surface area contributed by atoms with Crippen LogP contribution in [-0.2, 0) is 12.8 Å². The molecular weight excluding hydrogens is 330 g/mol. The van der Waals surface area contributed by atoms with Crippen molar-refractivity contribution >= 4 is 16.3 Å². The van der Waals surface area contributed by atoms with Gasteiger partial charge in [0, 0.05) is 18.9 Å². The summed E-state index contributed by atoms with van der Waals surface area (Å²) in [5.74, 6) is -0.645. The number of hydrogen-bond donors (Lipinski definition) is 0. The molecule has 0 spiro atoms. The van der Waals surface area contributed by atoms with Crippen molar-refractivity contribution in [1.29, 1.82) is 0 Å². The van der Waals surface area contributed by atoms with E-state index in [-0.39, 0.29) is 6.42 Å². The average molecular weight is 342 g/mol. The van der Waals surface area contributed by atoms with Crippen molar-refractivity contribution < 1.29 is 8.78 Å². The highest BCUT2D eigenvalue weighted by Gasteiger charge is 2.13. The monoisotopic (exact) mass is 342 g/mol. The van der Waals surface area contributed by atoms with E-state index in [2.05, 4.69) is 15.3 Å². The summed E-state index contributed by atoms with van der Waals surface area (Å²) >= 11 is 1.46. The van der Waals surface area contributed by atoms with E-state index in [9.17, 15) is 8.78 Å². The molecule has 0 fully saturated rings. The van der Waals surface area contributed by atoms with Gasteiger partial charge in [-0.05, 0) is 23.3 Å². The second kappa shape index (κ2) is 6.09. The van der Waals surface area contributed by atoms with E-state index in [1.54, 1.807) is 4.52 Å². The summed E-state index contributed by atoms with van der Waals surface area (Å²) in [5, 5.41) is 13.6. The largest absolute Gasteiger partial charge is 0.234 e. The molecule has 0 aliphatic carbocycles. The molecule has 0 radical (unpaired) electrons. The molecule has 2 aromatic heterocycles. The predicted octanol–water partition coefficient (Wildman–Crippen LogP) is 3.65. The summed E-state index contributed by atoms with van der Waals surface area (Å²) in [4.78, 5) is 0.674. The Labute approximate surface area is 140 Å². The minimum absolute atomic E-state index is 0.268. The molecule has 4 aromatic rings. The van der Waals surface area contributed by atoms with Crippen molar-refractivity contribution in [3.63, 3.8) is 0 Å². The molecule has 0 aliphatic heterocycles. The molecule has 0 bridgehead atoms. The van der Waals surface area contributed by atoms with E-state index < -0.39 is 11.6 Å². The summed E-state index contributed by atoms with van der Waals surface area (Å²) in [6.07, 6.45) is 0.979. The zero-order chi connectivity index (χ0) is 16.5. The van der Waals surface area contributed by atoms with E-state index in [0.717, 1.165) is 16.6 Å². The Balaban J connectivity index is 1.62. The van der Waals surface area contributed by atoms with Crippen molar-refractivity contribution in [2.45, 2.75) is 12.8 Å². The summed E-state index contributed by atoms with van der Waals surface area (Å²) in [7, 11) is 0. The minimum Gasteiger partial charge on any atom is -0.207 e. The van der Waals surface area contributed by atoms with Gasteiger partial charge in [0.15, 0.2) is 5.82 Å². The standard InChI is InChI=1S/C17H12F2N4S/c18-13-6-12(7-14(19)10-13)8-15-20-21-17-23(15)22-16(24-17)9-11-4-2-1-3-5-11/h1-7,10H,8-9H2. The smallest absolute Gasteiger partial charge is 0.207 e. The topological polar surface area (TPSA) is 43.1 Å². The van der Waals surface area contributed by atoms with Gasteiger partial charge >= 0.3 is 0 Å². The highest BCUT2D eigenvalue weighted by atomic mass is 32.1. The summed E-state index contributed by atoms with van der Waals surface area (Å²) in [6.45, 7) is 0. The van der Waals surface area contributed by atoms with Gasteiger partial charge in [-0.3, -0.25) is 0 Å². The fourth-order valence-electron chi connectivity index (χ4n) is 2.54. The van der Waals surface area contributed by atoms with E-state index in [1.807, 2.05) is 30.3 Å². The third-order valence-corrected chi connectivity index (χ3v) is 4.48. The number of hydrogen-bond acceptors (Lipinski definition) is 4. The predicted molar refractivity (Wildman–Crippen MR) is 87.1 cm³/mol. The first kappa shape index (κ1) is 14.9. The Morgan fingerprint density at radius 1 is 0.875 bits per heavy atom. The van der Waals surface area contributed by atoms with Crippen LogP contribution in [-0.4, -0.2) is 19.8 Å². The van der Waals surface area contributed by atoms with Crippen molar-refractivity contribution in [2.24, 2.45) is 0 Å². The normalized spacial score (nSPS) is 11.2. The molecule has 0 saturated carbocycles. The quantitative estimate of drug-likeness (QED) is 0.569. The molecule has 0 aliphatic rings. The van der Waals surface area contributed by atoms with Gasteiger partial charge in [0.05, 0.1) is 0 Å². The van der Waals surface area contributed by atoms with Gasteiger partial charge in [0.1, 0.15) is 16.6 Å². The van der Waals surface area contributed by atoms with Crippen LogP contribution in [0.15, 0.2) is 48.5 Å². The number of aromatic nitrogens is 4. The first-order valence-electron chi connectivity index (χ1n) is 7.36. The fourth-order valence-corrected chi connectivity index (χ4v) is 3.43. The second-order valence-corrected chi connectivity index (χ2v) is 6.46. The Morgan fingerprint density at radius 2 is 1.62 bits per heavy atom. The maximum absolute atomic E-state index is 13.3. The lowest BCUT2D eigenvalue weighted by atomic mass is 10.1. The number of nitrogens with zero attached hydrogens (tertiary/aromatic N) is 4. The molecule has 0 amide bonds. The van der Waals surface area contributed by atoms with Gasteiger partial charge in [-0.15, -0.1) is 10.2 Å². The molecular formula is C17H12F2N4S. The maximum Gasteiger partial charge on any atom is 0.234 e. The number of benzene rings is 2. The van der Waals surface area contributed by atoms with Gasteiger partial charge in [-0.25, -0.2) is 8.78 Å². The van der Waals surface area contributed by atoms with E-state index in [4.69, 9.17) is 0 Å². The lowest BCUT2D eigenvalue weighted by Gasteiger charge is -2.00. The van der Waals surface area contributed by atoms with Gasteiger partial charge in [0.25, 0.3) is 0 Å². The van der Waals surface area contributed by atoms with Gasteiger partial charge in [-0.2, -0.15) is 9.61 Å². The second-order valence-electron chi connectivity index (χ2n) is 5.42. The van der Waals surface area contributed by atoms with Crippen LogP contribution in [0.2, 0.25) is 0 Å². The molecule has 24 heavy (non-hydrogen) atoms. The lowest BCUT2D eigenvalue weighted by Crippen LogP contribution is -1.99. The molecule has 0 atom stereocenters. The SMILES string of the molecule is Fc1cc(F)cc(Cc2nnc3sc(Cc4ccccc4)nn23)c1. The van der Waals surface area contributed by atoms with Gasteiger partial charge in [-0.1, -0.05) is 41.7 Å². The van der Waals surface area contributed by atoms with Crippen LogP contribution in [0.5, 0.6) is 0 Å². The molecule has 4 rings (SSSR count). The zero-order valence-corrected chi connectivity index (χ0v) is 13.3. The number of fused-ring (bicyclic) bond motifs is 1. The Kier molecular flexibility index (Phi) is 3.78. The average Bonchev–Trinajstić information content (AvgIpc) is 3.09. The van der Waals surface area contributed by atoms with Crippen molar-refractivity contribution in [1.82, 2.24) is 19.8 Å². The van der Waals surface area contributed by atoms with Crippen LogP contribution in [0.25, 0.3) is 4.96 Å². The van der Waals surface area contributed by atoms with Crippen molar-refractivity contribution in [2.75, 3.05) is 0 Å². The van der Waals surface area contributed by atoms with E-state index in [1.165, 1.54) is 23.5 Å². The summed E-state index contributed by atoms with van der Waals surface area (Å²) in [6, 6.07) is 13.5. The van der Waals surface area contributed by atoms with E-state index >= 15 is 0 Å². The third kappa shape index (κ3) is 3.03. The molecule has 0 N–H and O–H groups in total. The number of rotatable bonds is 4. The third-order valence-electron chi connectivity index (χ3n) is 3.58. The molecule has 0 saturated heterocycles.